The molecule has 0 radical (unpaired) electrons. The van der Waals surface area contributed by atoms with Crippen LogP contribution in [0.1, 0.15) is 1.43 Å². The number of aromatic amines is 1. The summed E-state index contributed by atoms with van der Waals surface area (Å²) >= 11 is -2.27. The topological polar surface area (TPSA) is 70.2 Å². The van der Waals surface area contributed by atoms with Crippen LogP contribution in [0.2, 0.25) is 0 Å². The minimum Gasteiger partial charge on any atom is -1.00 e. The van der Waals surface area contributed by atoms with Crippen molar-refractivity contribution in [3.8, 4) is 11.3 Å². The third-order valence-electron chi connectivity index (χ3n) is 3.12. The van der Waals surface area contributed by atoms with Gasteiger partial charge in [0.15, 0.2) is 11.1 Å². The third kappa shape index (κ3) is 3.33. The summed E-state index contributed by atoms with van der Waals surface area (Å²) in [6.07, 6.45) is 0. The van der Waals surface area contributed by atoms with E-state index in [0.717, 1.165) is 16.3 Å². The van der Waals surface area contributed by atoms with Crippen LogP contribution in [0.15, 0.2) is 64.3 Å². The van der Waals surface area contributed by atoms with Gasteiger partial charge in [-0.15, -0.1) is 0 Å². The van der Waals surface area contributed by atoms with Gasteiger partial charge in [-0.3, -0.25) is 4.79 Å². The molecule has 0 spiro atoms. The molecule has 1 aromatic heterocycles. The van der Waals surface area contributed by atoms with E-state index in [9.17, 15) is 9.00 Å². The summed E-state index contributed by atoms with van der Waals surface area (Å²) in [5.41, 5.74) is 0.933. The van der Waals surface area contributed by atoms with Gasteiger partial charge in [0.25, 0.3) is 5.56 Å². The molecule has 0 aliphatic carbocycles. The fourth-order valence-electron chi connectivity index (χ4n) is 2.12. The van der Waals surface area contributed by atoms with Crippen molar-refractivity contribution in [3.63, 3.8) is 0 Å². The molecular weight excluding hydrogens is 297 g/mol. The van der Waals surface area contributed by atoms with Crippen LogP contribution >= 0.6 is 0 Å². The molecule has 3 rings (SSSR count). The standard InChI is InChI=1S/C15H11NO3S.Na.H/c17-15-14(20(18)19)8-7-13(16-15)12-6-5-10-3-1-2-4-11(10)9-12;;/h1-9H,(H,16,17)(H,18,19);;/q;+1;-1. The molecule has 1 heterocycles. The largest absolute Gasteiger partial charge is 1.00 e. The van der Waals surface area contributed by atoms with E-state index in [-0.39, 0.29) is 35.9 Å². The van der Waals surface area contributed by atoms with Gasteiger partial charge in [0.05, 0.1) is 0 Å². The number of fused-ring (bicyclic) bond motifs is 1. The number of aromatic nitrogens is 1. The SMILES string of the molecule is O=c1[nH]c(-c2ccc3ccccc3c2)ccc1S(=O)O.[H-].[Na+]. The van der Waals surface area contributed by atoms with Crippen molar-refractivity contribution < 1.29 is 39.7 Å². The molecule has 0 saturated carbocycles. The number of nitrogens with one attached hydrogen (secondary N) is 1. The first kappa shape index (κ1) is 16.1. The molecule has 0 bridgehead atoms. The van der Waals surface area contributed by atoms with Crippen LogP contribution in [0.5, 0.6) is 0 Å². The first-order valence-corrected chi connectivity index (χ1v) is 7.09. The third-order valence-corrected chi connectivity index (χ3v) is 3.82. The van der Waals surface area contributed by atoms with Crippen molar-refractivity contribution in [2.24, 2.45) is 0 Å². The van der Waals surface area contributed by atoms with Crippen molar-refractivity contribution in [2.75, 3.05) is 0 Å². The second-order valence-corrected chi connectivity index (χ2v) is 5.31. The number of pyridine rings is 1. The molecule has 2 aromatic carbocycles. The van der Waals surface area contributed by atoms with Gasteiger partial charge in [0, 0.05) is 5.69 Å². The summed E-state index contributed by atoms with van der Waals surface area (Å²) in [7, 11) is 0. The van der Waals surface area contributed by atoms with E-state index in [1.807, 2.05) is 42.5 Å². The predicted octanol–water partition coefficient (Wildman–Crippen LogP) is -0.108. The minimum atomic E-state index is -2.27. The van der Waals surface area contributed by atoms with Crippen LogP contribution in [0, 0.1) is 0 Å². The minimum absolute atomic E-state index is 0. The molecule has 21 heavy (non-hydrogen) atoms. The Bertz CT molecular complexity index is 882. The molecular formula is C15H12NNaO3S. The summed E-state index contributed by atoms with van der Waals surface area (Å²) in [4.78, 5) is 14.2. The number of H-pyrrole nitrogens is 1. The molecule has 6 heteroatoms. The Morgan fingerprint density at radius 1 is 1.00 bits per heavy atom. The molecule has 1 atom stereocenters. The van der Waals surface area contributed by atoms with Crippen LogP contribution in [0.4, 0.5) is 0 Å². The van der Waals surface area contributed by atoms with Gasteiger partial charge >= 0.3 is 29.6 Å². The van der Waals surface area contributed by atoms with Crippen LogP contribution in [-0.2, 0) is 11.1 Å². The van der Waals surface area contributed by atoms with Gasteiger partial charge in [-0.1, -0.05) is 36.4 Å². The van der Waals surface area contributed by atoms with Crippen LogP contribution in [0.25, 0.3) is 22.0 Å². The van der Waals surface area contributed by atoms with Crippen molar-refractivity contribution in [1.82, 2.24) is 4.98 Å². The van der Waals surface area contributed by atoms with Gasteiger partial charge in [0.1, 0.15) is 4.90 Å². The van der Waals surface area contributed by atoms with Gasteiger partial charge in [-0.2, -0.15) is 0 Å². The number of rotatable bonds is 2. The normalized spacial score (nSPS) is 11.9. The van der Waals surface area contributed by atoms with E-state index >= 15 is 0 Å². The molecule has 0 amide bonds. The van der Waals surface area contributed by atoms with Gasteiger partial charge in [0.2, 0.25) is 0 Å². The maximum absolute atomic E-state index is 11.7. The van der Waals surface area contributed by atoms with E-state index in [1.165, 1.54) is 6.07 Å². The zero-order valence-corrected chi connectivity index (χ0v) is 14.2. The Morgan fingerprint density at radius 3 is 2.38 bits per heavy atom. The van der Waals surface area contributed by atoms with Crippen molar-refractivity contribution >= 4 is 21.9 Å². The van der Waals surface area contributed by atoms with Gasteiger partial charge < -0.3 is 11.0 Å². The number of benzene rings is 2. The Kier molecular flexibility index (Phi) is 5.13. The summed E-state index contributed by atoms with van der Waals surface area (Å²) < 4.78 is 19.9. The Balaban J connectivity index is 0.00000121. The van der Waals surface area contributed by atoms with Crippen molar-refractivity contribution in [1.29, 1.82) is 0 Å². The van der Waals surface area contributed by atoms with E-state index in [0.29, 0.717) is 5.69 Å². The second kappa shape index (κ2) is 6.68. The van der Waals surface area contributed by atoms with Gasteiger partial charge in [-0.25, -0.2) is 4.21 Å². The molecule has 0 aliphatic rings. The first-order valence-electron chi connectivity index (χ1n) is 5.98. The summed E-state index contributed by atoms with van der Waals surface area (Å²) in [5, 5.41) is 2.19. The second-order valence-electron chi connectivity index (χ2n) is 4.38. The smallest absolute Gasteiger partial charge is 1.00 e. The number of hydrogen-bond acceptors (Lipinski definition) is 2. The van der Waals surface area contributed by atoms with Crippen molar-refractivity contribution in [2.45, 2.75) is 4.90 Å². The van der Waals surface area contributed by atoms with E-state index < -0.39 is 16.6 Å². The fraction of sp³-hybridized carbons (Fsp3) is 0. The monoisotopic (exact) mass is 309 g/mol. The first-order chi connectivity index (χ1) is 9.65. The zero-order chi connectivity index (χ0) is 14.1. The molecule has 2 N–H and O–H groups in total. The number of hydrogen-bond donors (Lipinski definition) is 2. The maximum Gasteiger partial charge on any atom is 1.00 e. The van der Waals surface area contributed by atoms with Crippen LogP contribution < -0.4 is 35.1 Å². The maximum atomic E-state index is 11.7. The molecule has 102 valence electrons. The summed E-state index contributed by atoms with van der Waals surface area (Å²) in [6, 6.07) is 16.8. The van der Waals surface area contributed by atoms with E-state index in [4.69, 9.17) is 4.55 Å². The molecule has 3 aromatic rings. The Labute approximate surface area is 147 Å². The molecule has 4 nitrogen and oxygen atoms in total. The fourth-order valence-corrected chi connectivity index (χ4v) is 2.52. The quantitative estimate of drug-likeness (QED) is 0.513. The Hall–Kier alpha value is -1.24. The van der Waals surface area contributed by atoms with Crippen LogP contribution in [0.3, 0.4) is 0 Å². The molecule has 0 fully saturated rings. The van der Waals surface area contributed by atoms with E-state index in [1.54, 1.807) is 6.07 Å². The summed E-state index contributed by atoms with van der Waals surface area (Å²) in [5.74, 6) is 0. The Morgan fingerprint density at radius 2 is 1.71 bits per heavy atom. The summed E-state index contributed by atoms with van der Waals surface area (Å²) in [6.45, 7) is 0. The van der Waals surface area contributed by atoms with Gasteiger partial charge in [-0.05, 0) is 34.5 Å². The molecule has 1 unspecified atom stereocenters. The van der Waals surface area contributed by atoms with Crippen LogP contribution in [-0.4, -0.2) is 13.7 Å². The van der Waals surface area contributed by atoms with E-state index in [2.05, 4.69) is 4.98 Å². The zero-order valence-electron chi connectivity index (χ0n) is 12.4. The molecule has 0 aliphatic heterocycles. The van der Waals surface area contributed by atoms with Crippen molar-refractivity contribution in [3.05, 3.63) is 65.0 Å². The molecule has 0 saturated heterocycles. The predicted molar refractivity (Wildman–Crippen MR) is 80.2 cm³/mol. The average Bonchev–Trinajstić information content (AvgIpc) is 2.46. The average molecular weight is 309 g/mol.